The molecule has 0 fully saturated rings. The monoisotopic (exact) mass is 191 g/mol. The molecule has 14 heavy (non-hydrogen) atoms. The molecule has 2 rings (SSSR count). The van der Waals surface area contributed by atoms with Crippen LogP contribution in [0, 0.1) is 0 Å². The Kier molecular flexibility index (Phi) is 1.74. The number of hydrogen-bond acceptors (Lipinski definition) is 4. The van der Waals surface area contributed by atoms with Gasteiger partial charge in [-0.1, -0.05) is 20.8 Å². The molecule has 74 valence electrons. The molecule has 2 aromatic heterocycles. The van der Waals surface area contributed by atoms with Crippen LogP contribution in [0.4, 0.5) is 5.82 Å². The Bertz CT molecular complexity index is 468. The summed E-state index contributed by atoms with van der Waals surface area (Å²) in [5, 5.41) is 0. The van der Waals surface area contributed by atoms with E-state index in [-0.39, 0.29) is 5.41 Å². The summed E-state index contributed by atoms with van der Waals surface area (Å²) in [6.07, 6.45) is 0. The van der Waals surface area contributed by atoms with E-state index in [1.165, 1.54) is 0 Å². The van der Waals surface area contributed by atoms with Crippen LogP contribution in [-0.2, 0) is 5.41 Å². The molecule has 0 aliphatic rings. The summed E-state index contributed by atoms with van der Waals surface area (Å²) in [5.74, 6) is 1.15. The zero-order valence-electron chi connectivity index (χ0n) is 8.53. The Labute approximate surface area is 82.1 Å². The van der Waals surface area contributed by atoms with E-state index in [1.807, 2.05) is 20.8 Å². The molecule has 0 atom stereocenters. The number of oxazole rings is 1. The van der Waals surface area contributed by atoms with Crippen molar-refractivity contribution in [3.63, 3.8) is 0 Å². The van der Waals surface area contributed by atoms with E-state index in [4.69, 9.17) is 10.2 Å². The lowest BCUT2D eigenvalue weighted by atomic mass is 9.97. The predicted molar refractivity (Wildman–Crippen MR) is 54.9 cm³/mol. The lowest BCUT2D eigenvalue weighted by molar-refractivity contribution is 0.411. The van der Waals surface area contributed by atoms with Crippen molar-refractivity contribution < 1.29 is 4.42 Å². The SMILES string of the molecule is CC(C)(C)c1nc2nc(N)ccc2o1. The van der Waals surface area contributed by atoms with E-state index in [1.54, 1.807) is 12.1 Å². The molecule has 0 bridgehead atoms. The zero-order valence-corrected chi connectivity index (χ0v) is 8.53. The first-order valence-electron chi connectivity index (χ1n) is 4.50. The minimum atomic E-state index is -0.102. The second-order valence-corrected chi connectivity index (χ2v) is 4.33. The summed E-state index contributed by atoms with van der Waals surface area (Å²) in [5.41, 5.74) is 6.71. The van der Waals surface area contributed by atoms with Crippen LogP contribution in [0.25, 0.3) is 11.2 Å². The topological polar surface area (TPSA) is 64.9 Å². The highest BCUT2D eigenvalue weighted by atomic mass is 16.3. The van der Waals surface area contributed by atoms with Crippen molar-refractivity contribution in [1.82, 2.24) is 9.97 Å². The van der Waals surface area contributed by atoms with E-state index in [9.17, 15) is 0 Å². The number of rotatable bonds is 0. The Morgan fingerprint density at radius 3 is 2.57 bits per heavy atom. The van der Waals surface area contributed by atoms with Gasteiger partial charge >= 0.3 is 0 Å². The fourth-order valence-electron chi connectivity index (χ4n) is 1.15. The molecular formula is C10H13N3O. The second kappa shape index (κ2) is 2.70. The van der Waals surface area contributed by atoms with Crippen molar-refractivity contribution >= 4 is 17.0 Å². The smallest absolute Gasteiger partial charge is 0.202 e. The van der Waals surface area contributed by atoms with Gasteiger partial charge in [0.25, 0.3) is 0 Å². The largest absolute Gasteiger partial charge is 0.438 e. The van der Waals surface area contributed by atoms with Crippen molar-refractivity contribution in [1.29, 1.82) is 0 Å². The quantitative estimate of drug-likeness (QED) is 0.692. The Hall–Kier alpha value is -1.58. The Balaban J connectivity index is 2.63. The van der Waals surface area contributed by atoms with Gasteiger partial charge in [-0.2, -0.15) is 4.98 Å². The van der Waals surface area contributed by atoms with Crippen molar-refractivity contribution in [2.75, 3.05) is 5.73 Å². The summed E-state index contributed by atoms with van der Waals surface area (Å²) in [6, 6.07) is 3.50. The lowest BCUT2D eigenvalue weighted by Crippen LogP contribution is -2.11. The van der Waals surface area contributed by atoms with Gasteiger partial charge in [-0.3, -0.25) is 0 Å². The average molecular weight is 191 g/mol. The number of aromatic nitrogens is 2. The van der Waals surface area contributed by atoms with Crippen molar-refractivity contribution in [2.45, 2.75) is 26.2 Å². The molecule has 2 heterocycles. The molecular weight excluding hydrogens is 178 g/mol. The maximum Gasteiger partial charge on any atom is 0.202 e. The van der Waals surface area contributed by atoms with E-state index in [0.29, 0.717) is 22.9 Å². The minimum Gasteiger partial charge on any atom is -0.438 e. The molecule has 0 spiro atoms. The fourth-order valence-corrected chi connectivity index (χ4v) is 1.15. The number of nitrogen functional groups attached to an aromatic ring is 1. The number of nitrogens with two attached hydrogens (primary N) is 1. The molecule has 0 amide bonds. The number of fused-ring (bicyclic) bond motifs is 1. The van der Waals surface area contributed by atoms with Gasteiger partial charge in [-0.05, 0) is 12.1 Å². The molecule has 0 aromatic carbocycles. The van der Waals surface area contributed by atoms with Crippen LogP contribution < -0.4 is 5.73 Å². The van der Waals surface area contributed by atoms with Gasteiger partial charge in [0.05, 0.1) is 0 Å². The van der Waals surface area contributed by atoms with Crippen LogP contribution in [0.3, 0.4) is 0 Å². The third-order valence-corrected chi connectivity index (χ3v) is 1.92. The normalized spacial score (nSPS) is 12.2. The Morgan fingerprint density at radius 1 is 1.21 bits per heavy atom. The number of nitrogens with zero attached hydrogens (tertiary/aromatic N) is 2. The van der Waals surface area contributed by atoms with Crippen LogP contribution in [0.5, 0.6) is 0 Å². The second-order valence-electron chi connectivity index (χ2n) is 4.33. The van der Waals surface area contributed by atoms with Crippen LogP contribution in [0.15, 0.2) is 16.5 Å². The van der Waals surface area contributed by atoms with Gasteiger partial charge in [0.1, 0.15) is 5.82 Å². The van der Waals surface area contributed by atoms with E-state index >= 15 is 0 Å². The van der Waals surface area contributed by atoms with Crippen LogP contribution in [-0.4, -0.2) is 9.97 Å². The van der Waals surface area contributed by atoms with Gasteiger partial charge in [-0.15, -0.1) is 0 Å². The number of anilines is 1. The van der Waals surface area contributed by atoms with Crippen LogP contribution in [0.1, 0.15) is 26.7 Å². The first-order valence-corrected chi connectivity index (χ1v) is 4.50. The first-order chi connectivity index (χ1) is 6.47. The molecule has 0 aliphatic carbocycles. The number of hydrogen-bond donors (Lipinski definition) is 1. The van der Waals surface area contributed by atoms with Crippen molar-refractivity contribution in [3.8, 4) is 0 Å². The van der Waals surface area contributed by atoms with E-state index in [0.717, 1.165) is 0 Å². The van der Waals surface area contributed by atoms with Crippen LogP contribution >= 0.6 is 0 Å². The summed E-state index contributed by atoms with van der Waals surface area (Å²) < 4.78 is 5.56. The molecule has 0 saturated carbocycles. The van der Waals surface area contributed by atoms with Crippen LogP contribution in [0.2, 0.25) is 0 Å². The standard InChI is InChI=1S/C10H13N3O/c1-10(2,3)9-13-8-6(14-9)4-5-7(11)12-8/h4-5H,1-3H3,(H2,11,12). The minimum absolute atomic E-state index is 0.102. The third-order valence-electron chi connectivity index (χ3n) is 1.92. The summed E-state index contributed by atoms with van der Waals surface area (Å²) in [4.78, 5) is 8.37. The lowest BCUT2D eigenvalue weighted by Gasteiger charge is -2.11. The van der Waals surface area contributed by atoms with Gasteiger partial charge in [0, 0.05) is 5.41 Å². The molecule has 2 aromatic rings. The first kappa shape index (κ1) is 8.99. The molecule has 0 aliphatic heterocycles. The van der Waals surface area contributed by atoms with Crippen molar-refractivity contribution in [3.05, 3.63) is 18.0 Å². The van der Waals surface area contributed by atoms with Gasteiger partial charge in [0.15, 0.2) is 5.58 Å². The zero-order chi connectivity index (χ0) is 10.3. The fraction of sp³-hybridized carbons (Fsp3) is 0.400. The maximum atomic E-state index is 5.56. The molecule has 0 radical (unpaired) electrons. The highest BCUT2D eigenvalue weighted by Gasteiger charge is 2.21. The molecule has 4 nitrogen and oxygen atoms in total. The van der Waals surface area contributed by atoms with Crippen molar-refractivity contribution in [2.24, 2.45) is 0 Å². The highest BCUT2D eigenvalue weighted by Crippen LogP contribution is 2.25. The third kappa shape index (κ3) is 1.43. The van der Waals surface area contributed by atoms with Gasteiger partial charge in [0.2, 0.25) is 11.5 Å². The van der Waals surface area contributed by atoms with Gasteiger partial charge < -0.3 is 10.2 Å². The summed E-state index contributed by atoms with van der Waals surface area (Å²) >= 11 is 0. The van der Waals surface area contributed by atoms with Gasteiger partial charge in [-0.25, -0.2) is 4.98 Å². The summed E-state index contributed by atoms with van der Waals surface area (Å²) in [6.45, 7) is 6.13. The van der Waals surface area contributed by atoms with E-state index < -0.39 is 0 Å². The maximum absolute atomic E-state index is 5.56. The average Bonchev–Trinajstić information content (AvgIpc) is 2.45. The molecule has 0 saturated heterocycles. The van der Waals surface area contributed by atoms with E-state index in [2.05, 4.69) is 9.97 Å². The number of pyridine rings is 1. The predicted octanol–water partition coefficient (Wildman–Crippen LogP) is 2.10. The highest BCUT2D eigenvalue weighted by molar-refractivity contribution is 5.69. The molecule has 4 heteroatoms. The Morgan fingerprint density at radius 2 is 1.93 bits per heavy atom. The summed E-state index contributed by atoms with van der Waals surface area (Å²) in [7, 11) is 0. The molecule has 2 N–H and O–H groups in total. The molecule has 0 unspecified atom stereocenters.